The van der Waals surface area contributed by atoms with Crippen LogP contribution in [0.5, 0.6) is 0 Å². The Hall–Kier alpha value is -5.32. The van der Waals surface area contributed by atoms with E-state index >= 15 is 0 Å². The minimum atomic E-state index is -0.978. The van der Waals surface area contributed by atoms with Gasteiger partial charge in [0.05, 0.1) is 0 Å². The van der Waals surface area contributed by atoms with E-state index in [0.717, 1.165) is 27.8 Å². The summed E-state index contributed by atoms with van der Waals surface area (Å²) in [7, 11) is 6.50. The molecule has 10 heteroatoms. The highest BCUT2D eigenvalue weighted by atomic mass is 16.2. The van der Waals surface area contributed by atoms with Crippen molar-refractivity contribution in [2.24, 2.45) is 11.5 Å². The lowest BCUT2D eigenvalue weighted by Crippen LogP contribution is -2.58. The van der Waals surface area contributed by atoms with Crippen molar-refractivity contribution in [2.75, 3.05) is 34.7 Å². The minimum absolute atomic E-state index is 0.204. The Morgan fingerprint density at radius 3 is 1.81 bits per heavy atom. The summed E-state index contributed by atoms with van der Waals surface area (Å²) in [5, 5.41) is 2.96. The number of likely N-dealkylation sites (N-methyl/N-ethyl adjacent to an activating group) is 3. The van der Waals surface area contributed by atoms with E-state index in [-0.39, 0.29) is 31.2 Å². The number of rotatable bonds is 17. The molecule has 0 heterocycles. The molecule has 0 unspecified atom stereocenters. The van der Waals surface area contributed by atoms with E-state index in [9.17, 15) is 19.2 Å². The van der Waals surface area contributed by atoms with E-state index in [1.165, 1.54) is 14.7 Å². The van der Waals surface area contributed by atoms with Gasteiger partial charge in [0, 0.05) is 53.1 Å². The third-order valence-corrected chi connectivity index (χ3v) is 9.36. The fourth-order valence-corrected chi connectivity index (χ4v) is 6.21. The molecule has 4 rings (SSSR count). The zero-order chi connectivity index (χ0) is 37.6. The first-order chi connectivity index (χ1) is 25.0. The second kappa shape index (κ2) is 19.3. The monoisotopic (exact) mass is 704 g/mol. The van der Waals surface area contributed by atoms with Crippen molar-refractivity contribution in [3.05, 3.63) is 131 Å². The molecule has 0 aliphatic heterocycles. The molecule has 274 valence electrons. The van der Waals surface area contributed by atoms with E-state index in [1.54, 1.807) is 46.4 Å². The maximum absolute atomic E-state index is 14.8. The molecule has 0 saturated carbocycles. The molecule has 0 spiro atoms. The molecule has 5 N–H and O–H groups in total. The molecule has 4 aromatic carbocycles. The Labute approximate surface area is 307 Å². The van der Waals surface area contributed by atoms with Crippen LogP contribution in [0.2, 0.25) is 0 Å². The topological polar surface area (TPSA) is 142 Å². The summed E-state index contributed by atoms with van der Waals surface area (Å²) in [6, 6.07) is 31.7. The largest absolute Gasteiger partial charge is 0.347 e. The molecule has 10 nitrogen and oxygen atoms in total. The van der Waals surface area contributed by atoms with Crippen molar-refractivity contribution in [1.29, 1.82) is 0 Å². The molecule has 52 heavy (non-hydrogen) atoms. The zero-order valence-corrected chi connectivity index (χ0v) is 30.7. The number of nitrogens with zero attached hydrogens (tertiary/aromatic N) is 3. The van der Waals surface area contributed by atoms with Crippen LogP contribution in [0.4, 0.5) is 0 Å². The van der Waals surface area contributed by atoms with Gasteiger partial charge in [-0.1, -0.05) is 97.1 Å². The van der Waals surface area contributed by atoms with E-state index in [0.29, 0.717) is 31.4 Å². The first kappa shape index (κ1) is 39.5. The number of benzene rings is 4. The van der Waals surface area contributed by atoms with Crippen LogP contribution in [0.3, 0.4) is 0 Å². The standard InChI is InChI=1S/C42H52N6O4/c1-46(2)41(51)36(20-11-12-25-43)45-39(49)37(27-30-14-7-5-8-15-30)47(3)42(52)38(48(4)40(50)35-19-13-16-32(26-35)29-44)28-31-21-23-34(24-22-31)33-17-9-6-10-18-33/h5-10,13-19,21-24,26,36-38H,11-12,20,25,27-29,43-44H2,1-4H3,(H,45,49)/t36-,37+,38+/m0/s1. The first-order valence-electron chi connectivity index (χ1n) is 17.8. The third kappa shape index (κ3) is 10.6. The van der Waals surface area contributed by atoms with Crippen LogP contribution in [0.25, 0.3) is 11.1 Å². The van der Waals surface area contributed by atoms with Gasteiger partial charge in [-0.3, -0.25) is 19.2 Å². The van der Waals surface area contributed by atoms with Gasteiger partial charge in [0.2, 0.25) is 17.7 Å². The maximum Gasteiger partial charge on any atom is 0.254 e. The highest BCUT2D eigenvalue weighted by Gasteiger charge is 2.37. The zero-order valence-electron chi connectivity index (χ0n) is 30.7. The van der Waals surface area contributed by atoms with Crippen LogP contribution in [-0.2, 0) is 33.8 Å². The molecule has 0 aliphatic rings. The summed E-state index contributed by atoms with van der Waals surface area (Å²) >= 11 is 0. The molecule has 0 saturated heterocycles. The van der Waals surface area contributed by atoms with Gasteiger partial charge in [0.25, 0.3) is 5.91 Å². The van der Waals surface area contributed by atoms with E-state index in [2.05, 4.69) is 5.32 Å². The quantitative estimate of drug-likeness (QED) is 0.140. The van der Waals surface area contributed by atoms with Gasteiger partial charge >= 0.3 is 0 Å². The van der Waals surface area contributed by atoms with E-state index < -0.39 is 29.9 Å². The lowest BCUT2D eigenvalue weighted by Gasteiger charge is -2.35. The first-order valence-corrected chi connectivity index (χ1v) is 17.8. The predicted molar refractivity (Wildman–Crippen MR) is 206 cm³/mol. The van der Waals surface area contributed by atoms with Crippen molar-refractivity contribution in [2.45, 2.75) is 56.8 Å². The van der Waals surface area contributed by atoms with Gasteiger partial charge in [0.1, 0.15) is 18.1 Å². The average Bonchev–Trinajstić information content (AvgIpc) is 3.18. The molecule has 0 radical (unpaired) electrons. The van der Waals surface area contributed by atoms with Crippen LogP contribution in [0.1, 0.15) is 46.3 Å². The molecule has 3 atom stereocenters. The van der Waals surface area contributed by atoms with Crippen molar-refractivity contribution < 1.29 is 19.2 Å². The number of nitrogens with one attached hydrogen (secondary N) is 1. The average molecular weight is 705 g/mol. The number of unbranched alkanes of at least 4 members (excludes halogenated alkanes) is 1. The summed E-state index contributed by atoms with van der Waals surface area (Å²) in [6.45, 7) is 0.743. The van der Waals surface area contributed by atoms with Crippen LogP contribution in [0, 0.1) is 0 Å². The highest BCUT2D eigenvalue weighted by Crippen LogP contribution is 2.22. The lowest BCUT2D eigenvalue weighted by molar-refractivity contribution is -0.143. The predicted octanol–water partition coefficient (Wildman–Crippen LogP) is 4.27. The highest BCUT2D eigenvalue weighted by molar-refractivity contribution is 5.99. The molecule has 0 fully saturated rings. The second-order valence-electron chi connectivity index (χ2n) is 13.3. The van der Waals surface area contributed by atoms with Gasteiger partial charge in [-0.05, 0) is 65.8 Å². The van der Waals surface area contributed by atoms with Crippen molar-refractivity contribution in [3.8, 4) is 11.1 Å². The molecular weight excluding hydrogens is 652 g/mol. The maximum atomic E-state index is 14.8. The Balaban J connectivity index is 1.69. The second-order valence-corrected chi connectivity index (χ2v) is 13.3. The summed E-state index contributed by atoms with van der Waals surface area (Å²) in [5.41, 5.74) is 16.6. The Morgan fingerprint density at radius 1 is 0.615 bits per heavy atom. The van der Waals surface area contributed by atoms with E-state index in [1.807, 2.05) is 91.0 Å². The van der Waals surface area contributed by atoms with Crippen molar-refractivity contribution in [1.82, 2.24) is 20.0 Å². The molecule has 4 amide bonds. The number of nitrogens with two attached hydrogens (primary N) is 2. The van der Waals surface area contributed by atoms with Gasteiger partial charge in [-0.2, -0.15) is 0 Å². The van der Waals surface area contributed by atoms with Crippen molar-refractivity contribution >= 4 is 23.6 Å². The third-order valence-electron chi connectivity index (χ3n) is 9.36. The minimum Gasteiger partial charge on any atom is -0.347 e. The smallest absolute Gasteiger partial charge is 0.254 e. The molecule has 0 aliphatic carbocycles. The van der Waals surface area contributed by atoms with Crippen LogP contribution < -0.4 is 16.8 Å². The van der Waals surface area contributed by atoms with Gasteiger partial charge < -0.3 is 31.5 Å². The molecule has 0 bridgehead atoms. The SMILES string of the molecule is CN(C)C(=O)[C@H](CCCCN)NC(=O)[C@@H](Cc1ccccc1)N(C)C(=O)[C@@H](Cc1ccc(-c2ccccc2)cc1)N(C)C(=O)c1cccc(CN)c1. The number of carbonyl (C=O) groups is 4. The van der Waals surface area contributed by atoms with Gasteiger partial charge in [-0.25, -0.2) is 0 Å². The number of carbonyl (C=O) groups excluding carboxylic acids is 4. The normalized spacial score (nSPS) is 12.7. The fraction of sp³-hybridized carbons (Fsp3) is 0.333. The summed E-state index contributed by atoms with van der Waals surface area (Å²) in [5.74, 6) is -1.45. The number of amides is 4. The fourth-order valence-electron chi connectivity index (χ4n) is 6.21. The van der Waals surface area contributed by atoms with Gasteiger partial charge in [-0.15, -0.1) is 0 Å². The Kier molecular flexibility index (Phi) is 14.7. The lowest BCUT2D eigenvalue weighted by atomic mass is 9.97. The van der Waals surface area contributed by atoms with E-state index in [4.69, 9.17) is 11.5 Å². The van der Waals surface area contributed by atoms with Crippen LogP contribution in [0.15, 0.2) is 109 Å². The molecule has 0 aromatic heterocycles. The van der Waals surface area contributed by atoms with Crippen LogP contribution >= 0.6 is 0 Å². The van der Waals surface area contributed by atoms with Crippen molar-refractivity contribution in [3.63, 3.8) is 0 Å². The van der Waals surface area contributed by atoms with Crippen LogP contribution in [-0.4, -0.2) is 91.2 Å². The Bertz CT molecular complexity index is 1760. The number of hydrogen-bond donors (Lipinski definition) is 3. The molecule has 4 aromatic rings. The summed E-state index contributed by atoms with van der Waals surface area (Å²) in [4.78, 5) is 60.5. The molecular formula is C42H52N6O4. The number of hydrogen-bond acceptors (Lipinski definition) is 6. The Morgan fingerprint density at radius 2 is 1.19 bits per heavy atom. The summed E-state index contributed by atoms with van der Waals surface area (Å²) < 4.78 is 0. The summed E-state index contributed by atoms with van der Waals surface area (Å²) in [6.07, 6.45) is 2.19. The van der Waals surface area contributed by atoms with Gasteiger partial charge in [0.15, 0.2) is 0 Å².